The molecule has 0 saturated heterocycles. The molecule has 100 valence electrons. The molecule has 6 heteroatoms. The normalized spacial score (nSPS) is 12.3. The van der Waals surface area contributed by atoms with Crippen molar-refractivity contribution in [2.24, 2.45) is 0 Å². The summed E-state index contributed by atoms with van der Waals surface area (Å²) in [6.45, 7) is 2.73. The van der Waals surface area contributed by atoms with Gasteiger partial charge in [-0.1, -0.05) is 11.6 Å². The summed E-state index contributed by atoms with van der Waals surface area (Å²) in [6, 6.07) is 4.52. The zero-order valence-electron chi connectivity index (χ0n) is 10.7. The first kappa shape index (κ1) is 15.0. The molecular formula is C12H15ClO4S. The van der Waals surface area contributed by atoms with Gasteiger partial charge in [-0.25, -0.2) is 8.42 Å². The summed E-state index contributed by atoms with van der Waals surface area (Å²) in [5.74, 6) is -0.231. The van der Waals surface area contributed by atoms with Gasteiger partial charge in [0.1, 0.15) is 10.5 Å². The summed E-state index contributed by atoms with van der Waals surface area (Å²) in [4.78, 5) is 12.3. The fraction of sp³-hybridized carbons (Fsp3) is 0.417. The predicted octanol–water partition coefficient (Wildman–Crippen LogP) is 2.35. The highest BCUT2D eigenvalue weighted by atomic mass is 35.5. The lowest BCUT2D eigenvalue weighted by atomic mass is 9.99. The van der Waals surface area contributed by atoms with Gasteiger partial charge in [0.25, 0.3) is 0 Å². The molecule has 18 heavy (non-hydrogen) atoms. The zero-order chi connectivity index (χ0) is 14.1. The number of hydrogen-bond donors (Lipinski definition) is 0. The number of carbonyl (C=O) groups is 1. The number of sulfone groups is 1. The average molecular weight is 291 g/mol. The summed E-state index contributed by atoms with van der Waals surface area (Å²) in [6.07, 6.45) is 1.03. The van der Waals surface area contributed by atoms with Crippen LogP contribution in [0.4, 0.5) is 0 Å². The molecule has 0 bridgehead atoms. The van der Waals surface area contributed by atoms with Crippen LogP contribution in [0.5, 0.6) is 5.75 Å². The van der Waals surface area contributed by atoms with Gasteiger partial charge in [0.05, 0.1) is 12.7 Å². The molecule has 1 aromatic carbocycles. The van der Waals surface area contributed by atoms with Crippen molar-refractivity contribution in [1.29, 1.82) is 0 Å². The number of rotatable bonds is 4. The Hall–Kier alpha value is -1.07. The van der Waals surface area contributed by atoms with Crippen LogP contribution in [-0.2, 0) is 9.84 Å². The Balaban J connectivity index is 3.40. The molecule has 0 aliphatic carbocycles. The lowest BCUT2D eigenvalue weighted by Gasteiger charge is -2.22. The number of methoxy groups -OCH3 is 1. The predicted molar refractivity (Wildman–Crippen MR) is 71.3 cm³/mol. The molecule has 0 radical (unpaired) electrons. The second-order valence-corrected chi connectivity index (χ2v) is 7.46. The van der Waals surface area contributed by atoms with Crippen molar-refractivity contribution < 1.29 is 17.9 Å². The molecule has 0 amide bonds. The van der Waals surface area contributed by atoms with Crippen LogP contribution in [0.15, 0.2) is 18.2 Å². The Kier molecular flexibility index (Phi) is 4.08. The van der Waals surface area contributed by atoms with Crippen LogP contribution in [0.25, 0.3) is 0 Å². The number of hydrogen-bond acceptors (Lipinski definition) is 4. The largest absolute Gasteiger partial charge is 0.496 e. The Labute approximate surface area is 112 Å². The third-order valence-electron chi connectivity index (χ3n) is 2.88. The second-order valence-electron chi connectivity index (χ2n) is 4.46. The average Bonchev–Trinajstić information content (AvgIpc) is 2.26. The SMILES string of the molecule is COc1ccc(Cl)cc1C(=O)C(C)(C)S(C)(=O)=O. The van der Waals surface area contributed by atoms with Crippen molar-refractivity contribution in [3.05, 3.63) is 28.8 Å². The fourth-order valence-electron chi connectivity index (χ4n) is 1.35. The minimum absolute atomic E-state index is 0.167. The van der Waals surface area contributed by atoms with E-state index in [0.717, 1.165) is 6.26 Å². The van der Waals surface area contributed by atoms with E-state index in [2.05, 4.69) is 0 Å². The Morgan fingerprint density at radius 2 is 1.89 bits per heavy atom. The van der Waals surface area contributed by atoms with Crippen LogP contribution in [0, 0.1) is 0 Å². The maximum Gasteiger partial charge on any atom is 0.187 e. The smallest absolute Gasteiger partial charge is 0.187 e. The highest BCUT2D eigenvalue weighted by Crippen LogP contribution is 2.29. The van der Waals surface area contributed by atoms with Crippen LogP contribution in [-0.4, -0.2) is 32.3 Å². The summed E-state index contributed by atoms with van der Waals surface area (Å²) < 4.78 is 26.8. The molecule has 1 rings (SSSR count). The molecule has 0 aromatic heterocycles. The molecule has 0 spiro atoms. The summed E-state index contributed by atoms with van der Waals surface area (Å²) in [5.41, 5.74) is 0.167. The van der Waals surface area contributed by atoms with E-state index in [9.17, 15) is 13.2 Å². The Bertz CT molecular complexity index is 576. The van der Waals surface area contributed by atoms with Crippen LogP contribution in [0.1, 0.15) is 24.2 Å². The van der Waals surface area contributed by atoms with Gasteiger partial charge in [0.15, 0.2) is 15.6 Å². The number of ether oxygens (including phenoxy) is 1. The zero-order valence-corrected chi connectivity index (χ0v) is 12.2. The van der Waals surface area contributed by atoms with Crippen molar-refractivity contribution in [2.75, 3.05) is 13.4 Å². The molecule has 4 nitrogen and oxygen atoms in total. The van der Waals surface area contributed by atoms with E-state index in [0.29, 0.717) is 10.8 Å². The van der Waals surface area contributed by atoms with Crippen molar-refractivity contribution in [2.45, 2.75) is 18.6 Å². The molecule has 1 aromatic rings. The highest BCUT2D eigenvalue weighted by molar-refractivity contribution is 7.92. The second kappa shape index (κ2) is 4.90. The number of benzene rings is 1. The number of halogens is 1. The van der Waals surface area contributed by atoms with Gasteiger partial charge >= 0.3 is 0 Å². The number of ketones is 1. The Morgan fingerprint density at radius 1 is 1.33 bits per heavy atom. The van der Waals surface area contributed by atoms with Gasteiger partial charge in [-0.2, -0.15) is 0 Å². The lowest BCUT2D eigenvalue weighted by Crippen LogP contribution is -2.40. The van der Waals surface area contributed by atoms with Crippen molar-refractivity contribution in [1.82, 2.24) is 0 Å². The maximum atomic E-state index is 12.3. The number of Topliss-reactive ketones (excluding diaryl/α,β-unsaturated/α-hetero) is 1. The third-order valence-corrected chi connectivity index (χ3v) is 5.15. The minimum Gasteiger partial charge on any atom is -0.496 e. The third kappa shape index (κ3) is 2.67. The standard InChI is InChI=1S/C12H15ClO4S/c1-12(2,18(4,15)16)11(14)9-7-8(13)5-6-10(9)17-3/h5-7H,1-4H3. The van der Waals surface area contributed by atoms with E-state index in [4.69, 9.17) is 16.3 Å². The molecule has 0 fully saturated rings. The first-order valence-electron chi connectivity index (χ1n) is 5.19. The van der Waals surface area contributed by atoms with Crippen LogP contribution < -0.4 is 4.74 Å². The molecule has 0 aliphatic heterocycles. The maximum absolute atomic E-state index is 12.3. The van der Waals surface area contributed by atoms with Gasteiger partial charge < -0.3 is 4.74 Å². The van der Waals surface area contributed by atoms with E-state index in [1.165, 1.54) is 33.1 Å². The summed E-state index contributed by atoms with van der Waals surface area (Å²) >= 11 is 5.82. The lowest BCUT2D eigenvalue weighted by molar-refractivity contribution is 0.0951. The van der Waals surface area contributed by atoms with Gasteiger partial charge in [-0.3, -0.25) is 4.79 Å². The van der Waals surface area contributed by atoms with E-state index in [-0.39, 0.29) is 5.56 Å². The van der Waals surface area contributed by atoms with Gasteiger partial charge in [0, 0.05) is 11.3 Å². The fourth-order valence-corrected chi connectivity index (χ4v) is 1.97. The quantitative estimate of drug-likeness (QED) is 0.799. The minimum atomic E-state index is -3.54. The molecule has 0 saturated carbocycles. The Morgan fingerprint density at radius 3 is 2.33 bits per heavy atom. The first-order valence-corrected chi connectivity index (χ1v) is 7.46. The summed E-state index contributed by atoms with van der Waals surface area (Å²) in [5, 5.41) is 0.350. The van der Waals surface area contributed by atoms with E-state index >= 15 is 0 Å². The van der Waals surface area contributed by atoms with Gasteiger partial charge in [-0.15, -0.1) is 0 Å². The topological polar surface area (TPSA) is 60.4 Å². The molecule has 0 unspecified atom stereocenters. The number of carbonyl (C=O) groups excluding carboxylic acids is 1. The summed E-state index contributed by atoms with van der Waals surface area (Å²) in [7, 11) is -2.13. The van der Waals surface area contributed by atoms with Gasteiger partial charge in [0.2, 0.25) is 0 Å². The molecule has 0 atom stereocenters. The highest BCUT2D eigenvalue weighted by Gasteiger charge is 2.40. The van der Waals surface area contributed by atoms with Crippen LogP contribution in [0.3, 0.4) is 0 Å². The van der Waals surface area contributed by atoms with Crippen LogP contribution >= 0.6 is 11.6 Å². The molecule has 0 heterocycles. The molecule has 0 aliphatic rings. The first-order chi connectivity index (χ1) is 8.11. The van der Waals surface area contributed by atoms with Crippen molar-refractivity contribution in [3.63, 3.8) is 0 Å². The van der Waals surface area contributed by atoms with Crippen LogP contribution in [0.2, 0.25) is 5.02 Å². The van der Waals surface area contributed by atoms with Crippen molar-refractivity contribution in [3.8, 4) is 5.75 Å². The van der Waals surface area contributed by atoms with E-state index < -0.39 is 20.4 Å². The monoisotopic (exact) mass is 290 g/mol. The van der Waals surface area contributed by atoms with Gasteiger partial charge in [-0.05, 0) is 32.0 Å². The molecule has 0 N–H and O–H groups in total. The molecular weight excluding hydrogens is 276 g/mol. The van der Waals surface area contributed by atoms with E-state index in [1.807, 2.05) is 0 Å². The van der Waals surface area contributed by atoms with Crippen molar-refractivity contribution >= 4 is 27.2 Å². The van der Waals surface area contributed by atoms with E-state index in [1.54, 1.807) is 6.07 Å².